The summed E-state index contributed by atoms with van der Waals surface area (Å²) in [5.41, 5.74) is 8.79. The molecule has 9 rings (SSSR count). The molecule has 8 aromatic carbocycles. The predicted molar refractivity (Wildman–Crippen MR) is 190 cm³/mol. The van der Waals surface area contributed by atoms with Crippen LogP contribution in [0.2, 0.25) is 0 Å². The monoisotopic (exact) mass is 570 g/mol. The van der Waals surface area contributed by atoms with E-state index in [1.54, 1.807) is 0 Å². The Morgan fingerprint density at radius 1 is 0.356 bits per heavy atom. The molecule has 2 heteroatoms. The van der Waals surface area contributed by atoms with Crippen molar-refractivity contribution in [2.45, 2.75) is 0 Å². The van der Waals surface area contributed by atoms with Crippen LogP contribution in [-0.4, -0.2) is 4.57 Å². The Balaban J connectivity index is 1.13. The minimum Gasteiger partial charge on any atom is -0.309 e. The van der Waals surface area contributed by atoms with Gasteiger partial charge in [0.2, 0.25) is 0 Å². The van der Waals surface area contributed by atoms with Crippen molar-refractivity contribution in [3.05, 3.63) is 169 Å². The number of fused-ring (bicyclic) bond motifs is 9. The summed E-state index contributed by atoms with van der Waals surface area (Å²) in [6, 6.07) is 56.4. The molecular formula is C43H26N2. The molecule has 0 radical (unpaired) electrons. The molecule has 0 aliphatic rings. The first kappa shape index (κ1) is 25.3. The normalized spacial score (nSPS) is 11.5. The van der Waals surface area contributed by atoms with Gasteiger partial charge in [-0.3, -0.25) is 0 Å². The maximum absolute atomic E-state index is 7.49. The Labute approximate surface area is 260 Å². The summed E-state index contributed by atoms with van der Waals surface area (Å²) < 4.78 is 2.29. The molecule has 0 atom stereocenters. The molecular weight excluding hydrogens is 544 g/mol. The van der Waals surface area contributed by atoms with Crippen molar-refractivity contribution < 1.29 is 0 Å². The lowest BCUT2D eigenvalue weighted by Crippen LogP contribution is -1.93. The second-order valence-corrected chi connectivity index (χ2v) is 11.6. The van der Waals surface area contributed by atoms with Crippen LogP contribution in [0, 0.1) is 6.57 Å². The number of benzene rings is 8. The van der Waals surface area contributed by atoms with Crippen LogP contribution in [0.4, 0.5) is 5.69 Å². The number of nitrogens with zero attached hydrogens (tertiary/aromatic N) is 2. The van der Waals surface area contributed by atoms with Gasteiger partial charge in [0, 0.05) is 11.1 Å². The van der Waals surface area contributed by atoms with Gasteiger partial charge in [0.15, 0.2) is 5.69 Å². The summed E-state index contributed by atoms with van der Waals surface area (Å²) >= 11 is 0. The number of para-hydroxylation sites is 1. The molecule has 0 saturated carbocycles. The molecule has 0 saturated heterocycles. The van der Waals surface area contributed by atoms with Crippen molar-refractivity contribution >= 4 is 59.8 Å². The Morgan fingerprint density at radius 3 is 1.58 bits per heavy atom. The number of rotatable bonds is 3. The van der Waals surface area contributed by atoms with E-state index in [-0.39, 0.29) is 0 Å². The van der Waals surface area contributed by atoms with Crippen LogP contribution < -0.4 is 0 Å². The van der Waals surface area contributed by atoms with Crippen molar-refractivity contribution in [3.63, 3.8) is 0 Å². The molecule has 45 heavy (non-hydrogen) atoms. The lowest BCUT2D eigenvalue weighted by molar-refractivity contribution is 1.18. The van der Waals surface area contributed by atoms with E-state index in [0.29, 0.717) is 5.69 Å². The molecule has 0 aliphatic heterocycles. The second kappa shape index (κ2) is 9.95. The van der Waals surface area contributed by atoms with Gasteiger partial charge in [0.05, 0.1) is 17.6 Å². The highest BCUT2D eigenvalue weighted by Crippen LogP contribution is 2.38. The third-order valence-corrected chi connectivity index (χ3v) is 9.18. The van der Waals surface area contributed by atoms with E-state index in [1.807, 2.05) is 12.1 Å². The first-order valence-corrected chi connectivity index (χ1v) is 15.2. The van der Waals surface area contributed by atoms with Gasteiger partial charge >= 0.3 is 0 Å². The maximum atomic E-state index is 7.49. The summed E-state index contributed by atoms with van der Waals surface area (Å²) in [7, 11) is 0. The van der Waals surface area contributed by atoms with Crippen LogP contribution >= 0.6 is 0 Å². The van der Waals surface area contributed by atoms with Gasteiger partial charge in [0.1, 0.15) is 0 Å². The number of aromatic nitrogens is 1. The van der Waals surface area contributed by atoms with E-state index in [0.717, 1.165) is 27.5 Å². The molecule has 0 amide bonds. The molecule has 0 N–H and O–H groups in total. The van der Waals surface area contributed by atoms with Crippen molar-refractivity contribution in [1.29, 1.82) is 0 Å². The Morgan fingerprint density at radius 2 is 0.889 bits per heavy atom. The zero-order valence-corrected chi connectivity index (χ0v) is 24.4. The van der Waals surface area contributed by atoms with Crippen LogP contribution in [0.3, 0.4) is 0 Å². The van der Waals surface area contributed by atoms with Crippen LogP contribution in [0.1, 0.15) is 0 Å². The molecule has 9 aromatic rings. The van der Waals surface area contributed by atoms with Gasteiger partial charge in [0.25, 0.3) is 0 Å². The molecule has 1 aromatic heterocycles. The molecule has 0 spiro atoms. The van der Waals surface area contributed by atoms with Crippen molar-refractivity contribution in [2.24, 2.45) is 0 Å². The van der Waals surface area contributed by atoms with E-state index < -0.39 is 0 Å². The molecule has 0 bridgehead atoms. The summed E-state index contributed by atoms with van der Waals surface area (Å²) in [6.45, 7) is 7.49. The largest absolute Gasteiger partial charge is 0.309 e. The average molecular weight is 571 g/mol. The number of hydrogen-bond donors (Lipinski definition) is 0. The fourth-order valence-electron chi connectivity index (χ4n) is 7.08. The van der Waals surface area contributed by atoms with Crippen molar-refractivity contribution in [3.8, 4) is 27.9 Å². The smallest absolute Gasteiger partial charge is 0.188 e. The molecule has 1 heterocycles. The number of hydrogen-bond acceptors (Lipinski definition) is 0. The van der Waals surface area contributed by atoms with E-state index in [2.05, 4.69) is 155 Å². The maximum Gasteiger partial charge on any atom is 0.188 e. The zero-order valence-electron chi connectivity index (χ0n) is 24.4. The van der Waals surface area contributed by atoms with Gasteiger partial charge in [-0.2, -0.15) is 0 Å². The zero-order chi connectivity index (χ0) is 29.9. The third-order valence-electron chi connectivity index (χ3n) is 9.18. The Bertz CT molecular complexity index is 2620. The quantitative estimate of drug-likeness (QED) is 0.148. The third kappa shape index (κ3) is 3.95. The van der Waals surface area contributed by atoms with E-state index in [9.17, 15) is 0 Å². The lowest BCUT2D eigenvalue weighted by atomic mass is 9.91. The van der Waals surface area contributed by atoms with Crippen molar-refractivity contribution in [2.75, 3.05) is 0 Å². The summed E-state index contributed by atoms with van der Waals surface area (Å²) in [4.78, 5) is 3.66. The lowest BCUT2D eigenvalue weighted by Gasteiger charge is -2.13. The van der Waals surface area contributed by atoms with E-state index >= 15 is 0 Å². The van der Waals surface area contributed by atoms with E-state index in [4.69, 9.17) is 6.57 Å². The molecule has 2 nitrogen and oxygen atoms in total. The Kier molecular flexibility index (Phi) is 5.60. The minimum atomic E-state index is 0.661. The van der Waals surface area contributed by atoms with Gasteiger partial charge in [-0.1, -0.05) is 115 Å². The summed E-state index contributed by atoms with van der Waals surface area (Å²) in [5, 5.41) is 10.0. The minimum absolute atomic E-state index is 0.661. The summed E-state index contributed by atoms with van der Waals surface area (Å²) in [6.07, 6.45) is 0. The summed E-state index contributed by atoms with van der Waals surface area (Å²) in [5.74, 6) is 0. The molecule has 208 valence electrons. The predicted octanol–water partition coefficient (Wildman–Crippen LogP) is 12.1. The van der Waals surface area contributed by atoms with E-state index in [1.165, 1.54) is 54.6 Å². The average Bonchev–Trinajstić information content (AvgIpc) is 3.45. The topological polar surface area (TPSA) is 9.29 Å². The Hall–Kier alpha value is -6.17. The highest BCUT2D eigenvalue weighted by molar-refractivity contribution is 6.25. The highest BCUT2D eigenvalue weighted by atomic mass is 15.0. The first-order valence-electron chi connectivity index (χ1n) is 15.2. The van der Waals surface area contributed by atoms with Gasteiger partial charge in [-0.05, 0) is 102 Å². The standard InChI is InChI=1S/C43H26N2/c1-44-32-20-24-43-41(27-32)39-15-6-7-16-42(39)45(43)33-21-17-28(18-22-33)29-9-8-10-30(25-29)31-19-23-38-36-13-3-2-11-34(36)35-12-4-5-14-37(35)40(38)26-31/h2-27H. The van der Waals surface area contributed by atoms with Crippen LogP contribution in [0.25, 0.3) is 86.9 Å². The molecule has 0 unspecified atom stereocenters. The van der Waals surface area contributed by atoms with Crippen LogP contribution in [-0.2, 0) is 0 Å². The van der Waals surface area contributed by atoms with Crippen molar-refractivity contribution in [1.82, 2.24) is 4.57 Å². The van der Waals surface area contributed by atoms with Gasteiger partial charge in [-0.15, -0.1) is 0 Å². The second-order valence-electron chi connectivity index (χ2n) is 11.6. The first-order chi connectivity index (χ1) is 22.3. The fourth-order valence-corrected chi connectivity index (χ4v) is 7.08. The van der Waals surface area contributed by atoms with Crippen LogP contribution in [0.15, 0.2) is 158 Å². The SMILES string of the molecule is [C-]#[N+]c1ccc2c(c1)c1ccccc1n2-c1ccc(-c2cccc(-c3ccc4c5ccccc5c5ccccc5c4c3)c2)cc1. The van der Waals surface area contributed by atoms with Gasteiger partial charge in [-0.25, -0.2) is 4.85 Å². The molecule has 0 aliphatic carbocycles. The van der Waals surface area contributed by atoms with Gasteiger partial charge < -0.3 is 4.57 Å². The fraction of sp³-hybridized carbons (Fsp3) is 0. The van der Waals surface area contributed by atoms with Crippen LogP contribution in [0.5, 0.6) is 0 Å². The molecule has 0 fully saturated rings. The highest BCUT2D eigenvalue weighted by Gasteiger charge is 2.13.